The fourth-order valence-electron chi connectivity index (χ4n) is 3.83. The Kier molecular flexibility index (Phi) is 6.41. The fraction of sp³-hybridized carbons (Fsp3) is 0.227. The number of rotatable bonds is 4. The highest BCUT2D eigenvalue weighted by molar-refractivity contribution is 5.93. The molecule has 1 aromatic heterocycles. The number of aromatic nitrogens is 2. The third-order valence-electron chi connectivity index (χ3n) is 5.32. The molecule has 2 aromatic carbocycles. The Morgan fingerprint density at radius 1 is 1.07 bits per heavy atom. The number of hydrogen-bond acceptors (Lipinski definition) is 4. The summed E-state index contributed by atoms with van der Waals surface area (Å²) >= 11 is 0. The van der Waals surface area contributed by atoms with Crippen molar-refractivity contribution in [3.05, 3.63) is 77.6 Å². The summed E-state index contributed by atoms with van der Waals surface area (Å²) in [6.45, 7) is 1.72. The number of nitrogens with zero attached hydrogens (tertiary/aromatic N) is 1. The van der Waals surface area contributed by atoms with E-state index < -0.39 is 5.91 Å². The first-order chi connectivity index (χ1) is 14.1. The third-order valence-corrected chi connectivity index (χ3v) is 5.32. The number of benzene rings is 2. The molecule has 0 aliphatic carbocycles. The predicted molar refractivity (Wildman–Crippen MR) is 111 cm³/mol. The molecular formula is C22H24N4O3. The van der Waals surface area contributed by atoms with Crippen LogP contribution in [0, 0.1) is 0 Å². The van der Waals surface area contributed by atoms with Crippen molar-refractivity contribution in [2.75, 3.05) is 13.1 Å². The standard InChI is InChI=1S/C21H22N4O.CH2O2/c22-19(26)15-6-8-16(9-7-15)20-24-14-18(25-20)21(10-12-23-13-11-21)17-4-2-1-3-5-17;2-1-3/h1-9,14,23H,10-13H2,(H2,22,26)(H,24,25);1H,(H,2,3). The van der Waals surface area contributed by atoms with E-state index in [9.17, 15) is 4.79 Å². The average Bonchev–Trinajstić information content (AvgIpc) is 3.26. The first kappa shape index (κ1) is 20.3. The zero-order valence-electron chi connectivity index (χ0n) is 16.0. The first-order valence-corrected chi connectivity index (χ1v) is 9.40. The zero-order chi connectivity index (χ0) is 20.7. The van der Waals surface area contributed by atoms with Crippen molar-refractivity contribution in [2.45, 2.75) is 18.3 Å². The van der Waals surface area contributed by atoms with Gasteiger partial charge in [0.05, 0.1) is 0 Å². The van der Waals surface area contributed by atoms with Gasteiger partial charge in [-0.25, -0.2) is 4.98 Å². The van der Waals surface area contributed by atoms with E-state index in [2.05, 4.69) is 45.6 Å². The number of primary amides is 1. The molecule has 5 N–H and O–H groups in total. The zero-order valence-corrected chi connectivity index (χ0v) is 16.0. The topological polar surface area (TPSA) is 121 Å². The molecule has 0 radical (unpaired) electrons. The van der Waals surface area contributed by atoms with Crippen molar-refractivity contribution < 1.29 is 14.7 Å². The molecule has 3 aromatic rings. The number of aromatic amines is 1. The van der Waals surface area contributed by atoms with E-state index >= 15 is 0 Å². The van der Waals surface area contributed by atoms with Gasteiger partial charge in [0.25, 0.3) is 6.47 Å². The molecule has 0 unspecified atom stereocenters. The number of carboxylic acid groups (broad SMARTS) is 1. The van der Waals surface area contributed by atoms with E-state index in [1.54, 1.807) is 12.1 Å². The van der Waals surface area contributed by atoms with E-state index in [0.717, 1.165) is 43.0 Å². The van der Waals surface area contributed by atoms with Crippen molar-refractivity contribution in [1.29, 1.82) is 0 Å². The van der Waals surface area contributed by atoms with Crippen LogP contribution < -0.4 is 11.1 Å². The molecule has 1 fully saturated rings. The van der Waals surface area contributed by atoms with E-state index in [1.165, 1.54) is 5.56 Å². The maximum Gasteiger partial charge on any atom is 0.290 e. The van der Waals surface area contributed by atoms with Crippen LogP contribution in [-0.2, 0) is 10.2 Å². The summed E-state index contributed by atoms with van der Waals surface area (Å²) in [5.41, 5.74) is 9.17. The minimum Gasteiger partial charge on any atom is -0.483 e. The Morgan fingerprint density at radius 3 is 2.28 bits per heavy atom. The molecule has 4 rings (SSSR count). The monoisotopic (exact) mass is 392 g/mol. The molecule has 0 saturated carbocycles. The Morgan fingerprint density at radius 2 is 1.69 bits per heavy atom. The van der Waals surface area contributed by atoms with Crippen molar-refractivity contribution in [3.63, 3.8) is 0 Å². The molecule has 2 heterocycles. The van der Waals surface area contributed by atoms with Crippen LogP contribution >= 0.6 is 0 Å². The van der Waals surface area contributed by atoms with E-state index in [1.807, 2.05) is 18.3 Å². The predicted octanol–water partition coefficient (Wildman–Crippen LogP) is 2.55. The van der Waals surface area contributed by atoms with E-state index in [4.69, 9.17) is 15.6 Å². The number of carbonyl (C=O) groups excluding carboxylic acids is 1. The Hall–Kier alpha value is -3.45. The summed E-state index contributed by atoms with van der Waals surface area (Å²) in [6, 6.07) is 17.9. The summed E-state index contributed by atoms with van der Waals surface area (Å²) in [5, 5.41) is 10.3. The van der Waals surface area contributed by atoms with Crippen LogP contribution in [0.3, 0.4) is 0 Å². The largest absolute Gasteiger partial charge is 0.483 e. The Balaban J connectivity index is 0.000000755. The van der Waals surface area contributed by atoms with Gasteiger partial charge in [-0.15, -0.1) is 0 Å². The van der Waals surface area contributed by atoms with Crippen molar-refractivity contribution in [2.24, 2.45) is 5.73 Å². The summed E-state index contributed by atoms with van der Waals surface area (Å²) in [6.07, 6.45) is 4.01. The van der Waals surface area contributed by atoms with Crippen molar-refractivity contribution in [3.8, 4) is 11.4 Å². The molecule has 0 spiro atoms. The molecule has 1 saturated heterocycles. The lowest BCUT2D eigenvalue weighted by Crippen LogP contribution is -2.41. The van der Waals surface area contributed by atoms with E-state index in [-0.39, 0.29) is 11.9 Å². The smallest absolute Gasteiger partial charge is 0.290 e. The molecule has 29 heavy (non-hydrogen) atoms. The van der Waals surface area contributed by atoms with Gasteiger partial charge in [-0.05, 0) is 43.6 Å². The molecule has 7 nitrogen and oxygen atoms in total. The minimum absolute atomic E-state index is 0.0507. The molecule has 150 valence electrons. The van der Waals surface area contributed by atoms with Gasteiger partial charge in [-0.3, -0.25) is 9.59 Å². The molecule has 7 heteroatoms. The highest BCUT2D eigenvalue weighted by Gasteiger charge is 2.37. The van der Waals surface area contributed by atoms with Crippen molar-refractivity contribution >= 4 is 12.4 Å². The molecule has 1 amide bonds. The van der Waals surface area contributed by atoms with Gasteiger partial charge in [0, 0.05) is 28.4 Å². The van der Waals surface area contributed by atoms with Crippen molar-refractivity contribution in [1.82, 2.24) is 15.3 Å². The van der Waals surface area contributed by atoms with Gasteiger partial charge in [0.15, 0.2) is 0 Å². The second kappa shape index (κ2) is 9.16. The van der Waals surface area contributed by atoms with Gasteiger partial charge in [0.1, 0.15) is 5.82 Å². The molecule has 0 bridgehead atoms. The summed E-state index contributed by atoms with van der Waals surface area (Å²) < 4.78 is 0. The number of H-pyrrole nitrogens is 1. The average molecular weight is 392 g/mol. The molecule has 1 aliphatic rings. The van der Waals surface area contributed by atoms with E-state index in [0.29, 0.717) is 5.56 Å². The van der Waals surface area contributed by atoms with Crippen LogP contribution in [0.4, 0.5) is 0 Å². The second-order valence-corrected chi connectivity index (χ2v) is 6.89. The quantitative estimate of drug-likeness (QED) is 0.509. The molecule has 1 aliphatic heterocycles. The van der Waals surface area contributed by atoms with Gasteiger partial charge in [-0.2, -0.15) is 0 Å². The number of piperidine rings is 1. The summed E-state index contributed by atoms with van der Waals surface area (Å²) in [7, 11) is 0. The van der Waals surface area contributed by atoms with Crippen LogP contribution in [-0.4, -0.2) is 40.5 Å². The van der Waals surface area contributed by atoms with Gasteiger partial charge >= 0.3 is 0 Å². The molecule has 0 atom stereocenters. The number of amides is 1. The Bertz CT molecular complexity index is 946. The van der Waals surface area contributed by atoms with Crippen LogP contribution in [0.2, 0.25) is 0 Å². The third kappa shape index (κ3) is 4.35. The molecular weight excluding hydrogens is 368 g/mol. The fourth-order valence-corrected chi connectivity index (χ4v) is 3.83. The first-order valence-electron chi connectivity index (χ1n) is 9.40. The number of nitrogens with two attached hydrogens (primary N) is 1. The lowest BCUT2D eigenvalue weighted by Gasteiger charge is -2.37. The minimum atomic E-state index is -0.422. The number of hydrogen-bond donors (Lipinski definition) is 4. The lowest BCUT2D eigenvalue weighted by molar-refractivity contribution is -0.122. The van der Waals surface area contributed by atoms with Gasteiger partial charge in [0.2, 0.25) is 5.91 Å². The van der Waals surface area contributed by atoms with Gasteiger partial charge < -0.3 is 21.1 Å². The maximum absolute atomic E-state index is 11.3. The van der Waals surface area contributed by atoms with Crippen LogP contribution in [0.25, 0.3) is 11.4 Å². The Labute approximate surface area is 169 Å². The van der Waals surface area contributed by atoms with Crippen LogP contribution in [0.5, 0.6) is 0 Å². The number of nitrogens with one attached hydrogen (secondary N) is 2. The summed E-state index contributed by atoms with van der Waals surface area (Å²) in [4.78, 5) is 27.8. The lowest BCUT2D eigenvalue weighted by atomic mass is 9.71. The van der Waals surface area contributed by atoms with Crippen LogP contribution in [0.15, 0.2) is 60.8 Å². The normalized spacial score (nSPS) is 15.0. The highest BCUT2D eigenvalue weighted by Crippen LogP contribution is 2.39. The second-order valence-electron chi connectivity index (χ2n) is 6.89. The highest BCUT2D eigenvalue weighted by atomic mass is 16.3. The number of carbonyl (C=O) groups is 2. The summed E-state index contributed by atoms with van der Waals surface area (Å²) in [5.74, 6) is 0.388. The van der Waals surface area contributed by atoms with Gasteiger partial charge in [-0.1, -0.05) is 42.5 Å². The maximum atomic E-state index is 11.3. The number of imidazole rings is 1. The SMILES string of the molecule is NC(=O)c1ccc(-c2ncc(C3(c4ccccc4)CCNCC3)[nH]2)cc1.O=CO. The van der Waals surface area contributed by atoms with Crippen LogP contribution in [0.1, 0.15) is 34.5 Å².